The van der Waals surface area contributed by atoms with Gasteiger partial charge in [-0.3, -0.25) is 0 Å². The molecule has 1 saturated heterocycles. The van der Waals surface area contributed by atoms with Gasteiger partial charge >= 0.3 is 0 Å². The fourth-order valence-corrected chi connectivity index (χ4v) is 1.89. The molecule has 1 rings (SSSR count). The summed E-state index contributed by atoms with van der Waals surface area (Å²) in [6, 6.07) is 0. The molecule has 2 unspecified atom stereocenters. The van der Waals surface area contributed by atoms with E-state index < -0.39 is 0 Å². The van der Waals surface area contributed by atoms with E-state index in [1.165, 1.54) is 18.4 Å². The zero-order chi connectivity index (χ0) is 10.4. The van der Waals surface area contributed by atoms with E-state index in [0.717, 1.165) is 25.5 Å². The topological polar surface area (TPSA) is 26.3 Å². The van der Waals surface area contributed by atoms with E-state index in [-0.39, 0.29) is 6.10 Å². The summed E-state index contributed by atoms with van der Waals surface area (Å²) >= 11 is 0. The molecule has 1 aliphatic rings. The van der Waals surface area contributed by atoms with Crippen LogP contribution in [0.15, 0.2) is 12.2 Å². The van der Waals surface area contributed by atoms with Gasteiger partial charge in [0.1, 0.15) is 6.29 Å². The van der Waals surface area contributed by atoms with Gasteiger partial charge < -0.3 is 9.53 Å². The van der Waals surface area contributed by atoms with Crippen LogP contribution in [0.4, 0.5) is 0 Å². The maximum Gasteiger partial charge on any atom is 0.120 e. The molecule has 1 aliphatic heterocycles. The first kappa shape index (κ1) is 11.4. The molecule has 1 heterocycles. The van der Waals surface area contributed by atoms with Crippen LogP contribution in [0.5, 0.6) is 0 Å². The molecule has 1 fully saturated rings. The average Bonchev–Trinajstić information content (AvgIpc) is 2.53. The van der Waals surface area contributed by atoms with Crippen molar-refractivity contribution in [3.05, 3.63) is 12.2 Å². The van der Waals surface area contributed by atoms with E-state index in [2.05, 4.69) is 13.5 Å². The third-order valence-corrected chi connectivity index (χ3v) is 2.73. The van der Waals surface area contributed by atoms with E-state index in [9.17, 15) is 4.79 Å². The van der Waals surface area contributed by atoms with Crippen molar-refractivity contribution in [3.63, 3.8) is 0 Å². The Morgan fingerprint density at radius 3 is 3.00 bits per heavy atom. The first-order valence-corrected chi connectivity index (χ1v) is 5.54. The lowest BCUT2D eigenvalue weighted by Crippen LogP contribution is -2.11. The normalized spacial score (nSPS) is 26.8. The van der Waals surface area contributed by atoms with Crippen LogP contribution in [0.2, 0.25) is 0 Å². The van der Waals surface area contributed by atoms with E-state index in [4.69, 9.17) is 4.74 Å². The van der Waals surface area contributed by atoms with Gasteiger partial charge in [0.15, 0.2) is 0 Å². The Hall–Kier alpha value is -0.630. The second-order valence-corrected chi connectivity index (χ2v) is 4.00. The van der Waals surface area contributed by atoms with E-state index in [0.29, 0.717) is 12.5 Å². The van der Waals surface area contributed by atoms with Crippen LogP contribution < -0.4 is 0 Å². The third kappa shape index (κ3) is 3.26. The quantitative estimate of drug-likeness (QED) is 0.482. The summed E-state index contributed by atoms with van der Waals surface area (Å²) in [7, 11) is 0. The van der Waals surface area contributed by atoms with Gasteiger partial charge in [-0.1, -0.05) is 26.3 Å². The highest BCUT2D eigenvalue weighted by Crippen LogP contribution is 2.29. The van der Waals surface area contributed by atoms with Crippen LogP contribution in [0.3, 0.4) is 0 Å². The molecule has 80 valence electrons. The Bertz CT molecular complexity index is 198. The minimum Gasteiger partial charge on any atom is -0.370 e. The van der Waals surface area contributed by atoms with Crippen molar-refractivity contribution in [1.29, 1.82) is 0 Å². The summed E-state index contributed by atoms with van der Waals surface area (Å²) in [6.45, 7) is 6.19. The van der Waals surface area contributed by atoms with E-state index in [1.807, 2.05) is 0 Å². The lowest BCUT2D eigenvalue weighted by molar-refractivity contribution is -0.108. The molecule has 0 radical (unpaired) electrons. The number of hydrogen-bond acceptors (Lipinski definition) is 2. The molecule has 2 nitrogen and oxygen atoms in total. The van der Waals surface area contributed by atoms with Crippen LogP contribution in [0, 0.1) is 0 Å². The van der Waals surface area contributed by atoms with Crippen LogP contribution >= 0.6 is 0 Å². The van der Waals surface area contributed by atoms with Crippen molar-refractivity contribution in [3.8, 4) is 0 Å². The highest BCUT2D eigenvalue weighted by atomic mass is 16.5. The van der Waals surface area contributed by atoms with Gasteiger partial charge in [-0.25, -0.2) is 0 Å². The predicted molar refractivity (Wildman–Crippen MR) is 57.2 cm³/mol. The van der Waals surface area contributed by atoms with E-state index in [1.54, 1.807) is 0 Å². The number of unbranched alkanes of at least 4 members (excludes halogenated alkanes) is 1. The van der Waals surface area contributed by atoms with Crippen molar-refractivity contribution >= 4 is 6.29 Å². The van der Waals surface area contributed by atoms with Crippen LogP contribution in [-0.2, 0) is 9.53 Å². The zero-order valence-corrected chi connectivity index (χ0v) is 9.00. The lowest BCUT2D eigenvalue weighted by Gasteiger charge is -2.11. The zero-order valence-electron chi connectivity index (χ0n) is 9.00. The Labute approximate surface area is 86.3 Å². The summed E-state index contributed by atoms with van der Waals surface area (Å²) < 4.78 is 5.82. The first-order chi connectivity index (χ1) is 6.77. The number of hydrogen-bond donors (Lipinski definition) is 0. The second kappa shape index (κ2) is 5.97. The molecular formula is C12H20O2. The minimum absolute atomic E-state index is 0.141. The summed E-state index contributed by atoms with van der Waals surface area (Å²) in [5.41, 5.74) is 1.17. The van der Waals surface area contributed by atoms with E-state index >= 15 is 0 Å². The van der Waals surface area contributed by atoms with Crippen molar-refractivity contribution < 1.29 is 9.53 Å². The molecule has 0 aromatic rings. The molecule has 0 saturated carbocycles. The largest absolute Gasteiger partial charge is 0.370 e. The SMILES string of the molecule is C=C1CC(CCCC)OC1CCC=O. The van der Waals surface area contributed by atoms with Gasteiger partial charge in [-0.15, -0.1) is 0 Å². The number of carbonyl (C=O) groups excluding carboxylic acids is 1. The molecule has 0 N–H and O–H groups in total. The Morgan fingerprint density at radius 1 is 1.57 bits per heavy atom. The predicted octanol–water partition coefficient (Wildman–Crippen LogP) is 2.87. The molecule has 0 aromatic carbocycles. The first-order valence-electron chi connectivity index (χ1n) is 5.54. The Balaban J connectivity index is 2.27. The highest BCUT2D eigenvalue weighted by molar-refractivity contribution is 5.49. The maximum absolute atomic E-state index is 10.2. The van der Waals surface area contributed by atoms with Crippen molar-refractivity contribution in [2.24, 2.45) is 0 Å². The number of aldehydes is 1. The van der Waals surface area contributed by atoms with Gasteiger partial charge in [0.2, 0.25) is 0 Å². The van der Waals surface area contributed by atoms with Crippen LogP contribution in [0.25, 0.3) is 0 Å². The molecule has 0 amide bonds. The number of rotatable bonds is 6. The molecule has 2 atom stereocenters. The maximum atomic E-state index is 10.2. The smallest absolute Gasteiger partial charge is 0.120 e. The van der Waals surface area contributed by atoms with Gasteiger partial charge in [-0.05, 0) is 24.8 Å². The highest BCUT2D eigenvalue weighted by Gasteiger charge is 2.27. The third-order valence-electron chi connectivity index (χ3n) is 2.73. The fourth-order valence-electron chi connectivity index (χ4n) is 1.89. The van der Waals surface area contributed by atoms with Gasteiger partial charge in [0.25, 0.3) is 0 Å². The van der Waals surface area contributed by atoms with Crippen molar-refractivity contribution in [2.45, 2.75) is 57.7 Å². The molecular weight excluding hydrogens is 176 g/mol. The van der Waals surface area contributed by atoms with Crippen molar-refractivity contribution in [2.75, 3.05) is 0 Å². The molecule has 14 heavy (non-hydrogen) atoms. The molecule has 0 aromatic heterocycles. The standard InChI is InChI=1S/C12H20O2/c1-3-4-6-11-9-10(2)12(14-11)7-5-8-13/h8,11-12H,2-7,9H2,1H3. The van der Waals surface area contributed by atoms with Crippen molar-refractivity contribution in [1.82, 2.24) is 0 Å². The minimum atomic E-state index is 0.141. The summed E-state index contributed by atoms with van der Waals surface area (Å²) in [4.78, 5) is 10.2. The second-order valence-electron chi connectivity index (χ2n) is 4.00. The molecule has 0 bridgehead atoms. The van der Waals surface area contributed by atoms with Gasteiger partial charge in [0, 0.05) is 6.42 Å². The lowest BCUT2D eigenvalue weighted by atomic mass is 10.0. The molecule has 2 heteroatoms. The summed E-state index contributed by atoms with van der Waals surface area (Å²) in [5.74, 6) is 0. The molecule has 0 spiro atoms. The fraction of sp³-hybridized carbons (Fsp3) is 0.750. The Kier molecular flexibility index (Phi) is 4.88. The molecule has 0 aliphatic carbocycles. The monoisotopic (exact) mass is 196 g/mol. The van der Waals surface area contributed by atoms with Crippen LogP contribution in [0.1, 0.15) is 45.4 Å². The number of carbonyl (C=O) groups is 1. The summed E-state index contributed by atoms with van der Waals surface area (Å²) in [6.07, 6.45) is 7.41. The van der Waals surface area contributed by atoms with Gasteiger partial charge in [0.05, 0.1) is 12.2 Å². The van der Waals surface area contributed by atoms with Gasteiger partial charge in [-0.2, -0.15) is 0 Å². The van der Waals surface area contributed by atoms with Crippen LogP contribution in [-0.4, -0.2) is 18.5 Å². The number of ether oxygens (including phenoxy) is 1. The average molecular weight is 196 g/mol. The summed E-state index contributed by atoms with van der Waals surface area (Å²) in [5, 5.41) is 0. The Morgan fingerprint density at radius 2 is 2.36 bits per heavy atom.